The molecule has 10 rings (SSSR count). The van der Waals surface area contributed by atoms with Crippen molar-refractivity contribution in [3.8, 4) is 0 Å². The second-order valence-electron chi connectivity index (χ2n) is 14.6. The fraction of sp³-hybridized carbons (Fsp3) is 0.300. The van der Waals surface area contributed by atoms with Gasteiger partial charge in [0.1, 0.15) is 36.5 Å². The number of piperazine rings is 2. The van der Waals surface area contributed by atoms with E-state index in [-0.39, 0.29) is 23.6 Å². The van der Waals surface area contributed by atoms with Crippen LogP contribution in [-0.4, -0.2) is 69.9 Å². The molecule has 0 aliphatic carbocycles. The van der Waals surface area contributed by atoms with Crippen LogP contribution in [0.3, 0.4) is 0 Å². The summed E-state index contributed by atoms with van der Waals surface area (Å²) in [5.74, 6) is -0.632. The van der Waals surface area contributed by atoms with Crippen molar-refractivity contribution in [3.63, 3.8) is 0 Å². The van der Waals surface area contributed by atoms with Crippen molar-refractivity contribution in [2.45, 2.75) is 73.0 Å². The van der Waals surface area contributed by atoms with Crippen molar-refractivity contribution >= 4 is 35.0 Å². The Morgan fingerprint density at radius 3 is 1.30 bits per heavy atom. The van der Waals surface area contributed by atoms with Gasteiger partial charge in [-0.1, -0.05) is 97.1 Å². The number of hydrogen-bond donors (Lipinski definition) is 4. The highest BCUT2D eigenvalue weighted by atomic mass is 16.2. The van der Waals surface area contributed by atoms with Crippen molar-refractivity contribution in [2.75, 3.05) is 10.6 Å². The lowest BCUT2D eigenvalue weighted by Gasteiger charge is -2.48. The smallest absolute Gasteiger partial charge is 0.247 e. The third-order valence-corrected chi connectivity index (χ3v) is 12.3. The van der Waals surface area contributed by atoms with Gasteiger partial charge in [0.15, 0.2) is 0 Å². The Morgan fingerprint density at radius 1 is 0.500 bits per heavy atom. The van der Waals surface area contributed by atoms with Crippen molar-refractivity contribution in [2.24, 2.45) is 0 Å². The summed E-state index contributed by atoms with van der Waals surface area (Å²) in [4.78, 5) is 61.2. The maximum atomic E-state index is 14.6. The summed E-state index contributed by atoms with van der Waals surface area (Å²) < 4.78 is 0. The summed E-state index contributed by atoms with van der Waals surface area (Å²) >= 11 is 0. The molecule has 4 amide bonds. The molecule has 10 heteroatoms. The minimum Gasteiger partial charge on any atom is -0.364 e. The molecule has 0 spiro atoms. The fourth-order valence-corrected chi connectivity index (χ4v) is 10.4. The van der Waals surface area contributed by atoms with Gasteiger partial charge in [-0.15, -0.1) is 0 Å². The largest absolute Gasteiger partial charge is 0.364 e. The molecule has 4 saturated heterocycles. The third-order valence-electron chi connectivity index (χ3n) is 12.3. The van der Waals surface area contributed by atoms with Crippen LogP contribution >= 0.6 is 0 Å². The topological polar surface area (TPSA) is 123 Å². The normalized spacial score (nSPS) is 32.9. The average Bonchev–Trinajstić information content (AvgIpc) is 3.85. The van der Waals surface area contributed by atoms with Crippen molar-refractivity contribution in [1.82, 2.24) is 20.4 Å². The number of carbonyl (C=O) groups is 4. The molecule has 10 nitrogen and oxygen atoms in total. The number of para-hydroxylation sites is 2. The van der Waals surface area contributed by atoms with Gasteiger partial charge in [0.25, 0.3) is 0 Å². The number of rotatable bonds is 5. The van der Waals surface area contributed by atoms with Crippen LogP contribution < -0.4 is 21.3 Å². The number of carbonyl (C=O) groups excluding carboxylic acids is 4. The summed E-state index contributed by atoms with van der Waals surface area (Å²) in [7, 11) is 0. The third kappa shape index (κ3) is 3.73. The number of amides is 4. The Balaban J connectivity index is 1.13. The second kappa shape index (κ2) is 10.4. The predicted molar refractivity (Wildman–Crippen MR) is 186 cm³/mol. The number of benzene rings is 4. The number of anilines is 2. The maximum absolute atomic E-state index is 14.6. The molecular weight excluding hydrogens is 628 g/mol. The van der Waals surface area contributed by atoms with Crippen LogP contribution in [0.2, 0.25) is 0 Å². The number of nitrogens with zero attached hydrogens (tertiary/aromatic N) is 2. The number of nitrogens with one attached hydrogen (secondary N) is 4. The van der Waals surface area contributed by atoms with Crippen LogP contribution in [0, 0.1) is 0 Å². The molecule has 0 bridgehead atoms. The van der Waals surface area contributed by atoms with E-state index in [0.717, 1.165) is 33.6 Å². The molecule has 50 heavy (non-hydrogen) atoms. The molecule has 6 heterocycles. The number of fused-ring (bicyclic) bond motifs is 11. The van der Waals surface area contributed by atoms with Gasteiger partial charge in [0.05, 0.1) is 10.8 Å². The molecule has 6 aliphatic heterocycles. The lowest BCUT2D eigenvalue weighted by atomic mass is 9.54. The molecule has 4 aromatic rings. The Bertz CT molecular complexity index is 1940. The first-order valence-electron chi connectivity index (χ1n) is 17.5. The van der Waals surface area contributed by atoms with Gasteiger partial charge < -0.3 is 31.1 Å². The summed E-state index contributed by atoms with van der Waals surface area (Å²) in [6.07, 6.45) is 0.273. The maximum Gasteiger partial charge on any atom is 0.247 e. The number of hydrogen-bond acceptors (Lipinski definition) is 6. The Hall–Kier alpha value is -5.64. The highest BCUT2D eigenvalue weighted by Gasteiger charge is 2.78. The van der Waals surface area contributed by atoms with Crippen molar-refractivity contribution < 1.29 is 19.2 Å². The summed E-state index contributed by atoms with van der Waals surface area (Å²) in [5.41, 5.74) is 4.00. The van der Waals surface area contributed by atoms with E-state index in [2.05, 4.69) is 33.4 Å². The van der Waals surface area contributed by atoms with Gasteiger partial charge in [0.2, 0.25) is 23.6 Å². The summed E-state index contributed by atoms with van der Waals surface area (Å²) in [6, 6.07) is 32.8. The Labute approximate surface area is 289 Å². The highest BCUT2D eigenvalue weighted by molar-refractivity contribution is 6.01. The second-order valence-corrected chi connectivity index (χ2v) is 14.6. The van der Waals surface area contributed by atoms with Crippen LogP contribution in [0.4, 0.5) is 11.4 Å². The molecule has 8 atom stereocenters. The van der Waals surface area contributed by atoms with Gasteiger partial charge in [-0.3, -0.25) is 19.2 Å². The van der Waals surface area contributed by atoms with Crippen LogP contribution in [-0.2, 0) is 42.8 Å². The molecule has 0 aromatic heterocycles. The van der Waals surface area contributed by atoms with E-state index in [1.54, 1.807) is 9.80 Å². The van der Waals surface area contributed by atoms with Gasteiger partial charge in [0, 0.05) is 24.2 Å². The quantitative estimate of drug-likeness (QED) is 0.260. The molecule has 0 saturated carbocycles. The predicted octanol–water partition coefficient (Wildman–Crippen LogP) is 3.05. The molecule has 250 valence electrons. The van der Waals surface area contributed by atoms with E-state index in [4.69, 9.17) is 0 Å². The zero-order valence-corrected chi connectivity index (χ0v) is 27.2. The SMILES string of the molecule is O=C1NC(Cc2ccccc2)C(=O)N2C1CC1(C34CC5C(=O)N[C@@H](Cc6ccccc6)C(=O)N5C3Nc3ccccc34)c3ccccc3NC21. The standard InChI is InChI=1S/C40H36N6O4/c47-33-31-21-39(25-15-7-9-17-27(25)43-37(39)45(31)35(49)29(41-33)19-23-11-3-1-4-12-23)40-22-32-34(48)42-30(20-24-13-5-2-6-14-24)36(50)46(32)38(40)44-28-18-10-8-16-26(28)40/h1-18,29-32,37-38,43-44H,19-22H2,(H,41,47)(H,42,48)/t29-,30?,31?,32?,37?,38?,39?,40?/m0/s1. The van der Waals surface area contributed by atoms with E-state index in [1.165, 1.54) is 0 Å². The van der Waals surface area contributed by atoms with Gasteiger partial charge in [-0.05, 0) is 47.2 Å². The van der Waals surface area contributed by atoms with Crippen LogP contribution in [0.5, 0.6) is 0 Å². The Kier molecular flexibility index (Phi) is 6.11. The fourth-order valence-electron chi connectivity index (χ4n) is 10.4. The van der Waals surface area contributed by atoms with E-state index < -0.39 is 47.3 Å². The lowest BCUT2D eigenvalue weighted by molar-refractivity contribution is -0.149. The summed E-state index contributed by atoms with van der Waals surface area (Å²) in [5, 5.41) is 13.6. The Morgan fingerprint density at radius 2 is 0.880 bits per heavy atom. The minimum atomic E-state index is -0.861. The summed E-state index contributed by atoms with van der Waals surface area (Å²) in [6.45, 7) is 0. The van der Waals surface area contributed by atoms with Crippen LogP contribution in [0.1, 0.15) is 35.1 Å². The molecule has 4 aromatic carbocycles. The van der Waals surface area contributed by atoms with Crippen LogP contribution in [0.15, 0.2) is 109 Å². The van der Waals surface area contributed by atoms with Crippen molar-refractivity contribution in [3.05, 3.63) is 131 Å². The van der Waals surface area contributed by atoms with E-state index in [0.29, 0.717) is 25.7 Å². The monoisotopic (exact) mass is 664 g/mol. The minimum absolute atomic E-state index is 0.134. The first-order valence-corrected chi connectivity index (χ1v) is 17.5. The zero-order valence-electron chi connectivity index (χ0n) is 27.2. The molecule has 0 radical (unpaired) electrons. The molecule has 6 aliphatic rings. The zero-order chi connectivity index (χ0) is 33.8. The van der Waals surface area contributed by atoms with E-state index in [1.807, 2.05) is 97.1 Å². The first kappa shape index (κ1) is 29.3. The van der Waals surface area contributed by atoms with Gasteiger partial charge in [-0.2, -0.15) is 0 Å². The molecule has 7 unspecified atom stereocenters. The van der Waals surface area contributed by atoms with Gasteiger partial charge in [-0.25, -0.2) is 0 Å². The highest BCUT2D eigenvalue weighted by Crippen LogP contribution is 2.68. The molecule has 4 N–H and O–H groups in total. The molecule has 4 fully saturated rings. The van der Waals surface area contributed by atoms with Crippen molar-refractivity contribution in [1.29, 1.82) is 0 Å². The lowest BCUT2D eigenvalue weighted by Crippen LogP contribution is -2.67. The average molecular weight is 665 g/mol. The van der Waals surface area contributed by atoms with E-state index >= 15 is 0 Å². The van der Waals surface area contributed by atoms with Crippen LogP contribution in [0.25, 0.3) is 0 Å². The first-order chi connectivity index (χ1) is 24.4. The van der Waals surface area contributed by atoms with Gasteiger partial charge >= 0.3 is 0 Å². The molecular formula is C40H36N6O4. The van der Waals surface area contributed by atoms with E-state index in [9.17, 15) is 19.2 Å².